The Bertz CT molecular complexity index is 1250. The number of hydrogen-bond acceptors (Lipinski definition) is 5. The molecular weight excluding hydrogens is 440 g/mol. The van der Waals surface area contributed by atoms with Crippen molar-refractivity contribution in [3.8, 4) is 11.5 Å². The molecule has 0 fully saturated rings. The molecule has 0 N–H and O–H groups in total. The maximum atomic E-state index is 13.0. The Morgan fingerprint density at radius 3 is 1.63 bits per heavy atom. The van der Waals surface area contributed by atoms with Crippen molar-refractivity contribution < 1.29 is 23.8 Å². The van der Waals surface area contributed by atoms with Crippen LogP contribution in [0.5, 0.6) is 11.5 Å². The van der Waals surface area contributed by atoms with Gasteiger partial charge in [0.05, 0.1) is 13.2 Å². The number of rotatable bonds is 10. The average Bonchev–Trinajstić information content (AvgIpc) is 2.90. The maximum Gasteiger partial charge on any atom is 0.347 e. The van der Waals surface area contributed by atoms with Gasteiger partial charge in [-0.2, -0.15) is 0 Å². The summed E-state index contributed by atoms with van der Waals surface area (Å²) in [4.78, 5) is 25.7. The van der Waals surface area contributed by atoms with Crippen LogP contribution in [0.3, 0.4) is 0 Å². The number of benzene rings is 4. The molecule has 0 aliphatic carbocycles. The number of ether oxygens (including phenoxy) is 3. The van der Waals surface area contributed by atoms with Crippen molar-refractivity contribution in [2.75, 3.05) is 13.2 Å². The molecule has 0 saturated carbocycles. The molecule has 35 heavy (non-hydrogen) atoms. The summed E-state index contributed by atoms with van der Waals surface area (Å²) in [6.07, 6.45) is 1.31. The highest BCUT2D eigenvalue weighted by Crippen LogP contribution is 2.24. The highest BCUT2D eigenvalue weighted by Gasteiger charge is 2.19. The Hall–Kier alpha value is -4.38. The van der Waals surface area contributed by atoms with E-state index in [-0.39, 0.29) is 23.5 Å². The smallest absolute Gasteiger partial charge is 0.347 e. The number of esters is 2. The zero-order chi connectivity index (χ0) is 24.3. The van der Waals surface area contributed by atoms with Crippen LogP contribution in [0.1, 0.15) is 31.8 Å². The van der Waals surface area contributed by atoms with E-state index in [1.807, 2.05) is 60.7 Å². The fourth-order valence-corrected chi connectivity index (χ4v) is 3.55. The molecule has 0 spiro atoms. The zero-order valence-electron chi connectivity index (χ0n) is 19.3. The number of para-hydroxylation sites is 2. The summed E-state index contributed by atoms with van der Waals surface area (Å²) in [5, 5.41) is 0. The quantitative estimate of drug-likeness (QED) is 0.214. The van der Waals surface area contributed by atoms with Gasteiger partial charge in [-0.15, -0.1) is 0 Å². The average molecular weight is 467 g/mol. The summed E-state index contributed by atoms with van der Waals surface area (Å²) in [5.74, 6) is -0.584. The van der Waals surface area contributed by atoms with Crippen molar-refractivity contribution in [3.63, 3.8) is 0 Å². The first kappa shape index (κ1) is 23.8. The minimum atomic E-state index is -0.607. The topological polar surface area (TPSA) is 61.8 Å². The van der Waals surface area contributed by atoms with Crippen molar-refractivity contribution in [2.24, 2.45) is 0 Å². The van der Waals surface area contributed by atoms with Gasteiger partial charge in [0.2, 0.25) is 0 Å². The lowest BCUT2D eigenvalue weighted by Gasteiger charge is -2.13. The van der Waals surface area contributed by atoms with Crippen LogP contribution in [0.15, 0.2) is 109 Å². The van der Waals surface area contributed by atoms with Gasteiger partial charge in [0.1, 0.15) is 22.6 Å². The van der Waals surface area contributed by atoms with Gasteiger partial charge in [0.15, 0.2) is 0 Å². The maximum absolute atomic E-state index is 13.0. The Kier molecular flexibility index (Phi) is 8.28. The highest BCUT2D eigenvalue weighted by molar-refractivity contribution is 5.97. The van der Waals surface area contributed by atoms with Crippen molar-refractivity contribution in [1.29, 1.82) is 0 Å². The first-order chi connectivity index (χ1) is 17.2. The van der Waals surface area contributed by atoms with E-state index in [9.17, 15) is 9.59 Å². The van der Waals surface area contributed by atoms with Crippen LogP contribution in [-0.4, -0.2) is 25.2 Å². The molecule has 0 aromatic heterocycles. The predicted molar refractivity (Wildman–Crippen MR) is 134 cm³/mol. The Morgan fingerprint density at radius 2 is 1.00 bits per heavy atom. The molecule has 0 amide bonds. The fourth-order valence-electron chi connectivity index (χ4n) is 3.55. The van der Waals surface area contributed by atoms with Crippen molar-refractivity contribution in [2.45, 2.75) is 12.8 Å². The van der Waals surface area contributed by atoms with Gasteiger partial charge in [-0.05, 0) is 35.4 Å². The van der Waals surface area contributed by atoms with Gasteiger partial charge >= 0.3 is 11.9 Å². The second kappa shape index (κ2) is 12.2. The molecule has 5 heteroatoms. The molecule has 0 aliphatic rings. The van der Waals surface area contributed by atoms with E-state index >= 15 is 0 Å². The third-order valence-electron chi connectivity index (χ3n) is 5.37. The molecule has 0 heterocycles. The Morgan fingerprint density at radius 1 is 0.514 bits per heavy atom. The fraction of sp³-hybridized carbons (Fsp3) is 0.133. The zero-order valence-corrected chi connectivity index (χ0v) is 19.3. The van der Waals surface area contributed by atoms with Gasteiger partial charge in [-0.25, -0.2) is 9.59 Å². The lowest BCUT2D eigenvalue weighted by Crippen LogP contribution is -2.15. The highest BCUT2D eigenvalue weighted by atomic mass is 16.6. The molecule has 0 saturated heterocycles. The summed E-state index contributed by atoms with van der Waals surface area (Å²) in [6, 6.07) is 33.2. The largest absolute Gasteiger partial charge is 0.492 e. The molecule has 4 rings (SSSR count). The first-order valence-corrected chi connectivity index (χ1v) is 11.5. The third kappa shape index (κ3) is 6.81. The van der Waals surface area contributed by atoms with Crippen molar-refractivity contribution >= 4 is 11.9 Å². The lowest BCUT2D eigenvalue weighted by molar-refractivity contribution is 0.0503. The number of hydrogen-bond donors (Lipinski definition) is 0. The van der Waals surface area contributed by atoms with Gasteiger partial charge < -0.3 is 14.2 Å². The van der Waals surface area contributed by atoms with Crippen LogP contribution in [0, 0.1) is 0 Å². The molecule has 0 unspecified atom stereocenters. The molecule has 5 nitrogen and oxygen atoms in total. The lowest BCUT2D eigenvalue weighted by atomic mass is 10.1. The molecule has 0 aliphatic heterocycles. The Balaban J connectivity index is 1.39. The van der Waals surface area contributed by atoms with Crippen LogP contribution in [0.4, 0.5) is 0 Å². The van der Waals surface area contributed by atoms with Crippen LogP contribution in [-0.2, 0) is 17.6 Å². The van der Waals surface area contributed by atoms with Gasteiger partial charge in [-0.1, -0.05) is 84.9 Å². The SMILES string of the molecule is O=C(Oc1ccccc1C(=O)OCCc1ccccc1)c1ccccc1OCCc1ccccc1. The van der Waals surface area contributed by atoms with Gasteiger partial charge in [0.25, 0.3) is 0 Å². The van der Waals surface area contributed by atoms with Crippen LogP contribution in [0.25, 0.3) is 0 Å². The van der Waals surface area contributed by atoms with Crippen LogP contribution in [0.2, 0.25) is 0 Å². The molecule has 4 aromatic rings. The van der Waals surface area contributed by atoms with E-state index in [2.05, 4.69) is 0 Å². The van der Waals surface area contributed by atoms with Crippen LogP contribution < -0.4 is 9.47 Å². The standard InChI is InChI=1S/C30H26O5/c31-29(34-22-20-24-13-5-2-6-14-24)26-16-8-10-18-28(26)35-30(32)25-15-7-9-17-27(25)33-21-19-23-11-3-1-4-12-23/h1-18H,19-22H2. The van der Waals surface area contributed by atoms with Gasteiger partial charge in [-0.3, -0.25) is 0 Å². The van der Waals surface area contributed by atoms with E-state index in [4.69, 9.17) is 14.2 Å². The van der Waals surface area contributed by atoms with Crippen LogP contribution >= 0.6 is 0 Å². The van der Waals surface area contributed by atoms with E-state index in [0.717, 1.165) is 11.1 Å². The third-order valence-corrected chi connectivity index (χ3v) is 5.37. The minimum absolute atomic E-state index is 0.140. The Labute approximate surface area is 204 Å². The molecule has 4 aromatic carbocycles. The molecule has 0 bridgehead atoms. The van der Waals surface area contributed by atoms with E-state index < -0.39 is 11.9 Å². The number of carbonyl (C=O) groups excluding carboxylic acids is 2. The molecular formula is C30H26O5. The van der Waals surface area contributed by atoms with Crippen molar-refractivity contribution in [3.05, 3.63) is 131 Å². The summed E-state index contributed by atoms with van der Waals surface area (Å²) in [5.41, 5.74) is 2.69. The minimum Gasteiger partial charge on any atom is -0.492 e. The molecule has 176 valence electrons. The second-order valence-corrected chi connectivity index (χ2v) is 7.84. The van der Waals surface area contributed by atoms with E-state index in [1.54, 1.807) is 48.5 Å². The summed E-state index contributed by atoms with van der Waals surface area (Å²) >= 11 is 0. The second-order valence-electron chi connectivity index (χ2n) is 7.84. The number of carbonyl (C=O) groups is 2. The summed E-state index contributed by atoms with van der Waals surface area (Å²) < 4.78 is 16.9. The van der Waals surface area contributed by atoms with E-state index in [0.29, 0.717) is 25.2 Å². The summed E-state index contributed by atoms with van der Waals surface area (Å²) in [6.45, 7) is 0.641. The molecule has 0 radical (unpaired) electrons. The van der Waals surface area contributed by atoms with Gasteiger partial charge in [0, 0.05) is 12.8 Å². The first-order valence-electron chi connectivity index (χ1n) is 11.5. The van der Waals surface area contributed by atoms with Crippen molar-refractivity contribution in [1.82, 2.24) is 0 Å². The monoisotopic (exact) mass is 466 g/mol. The molecule has 0 atom stereocenters. The summed E-state index contributed by atoms with van der Waals surface area (Å²) in [7, 11) is 0. The van der Waals surface area contributed by atoms with E-state index in [1.165, 1.54) is 0 Å². The normalized spacial score (nSPS) is 10.4. The predicted octanol–water partition coefficient (Wildman–Crippen LogP) is 5.93.